The Labute approximate surface area is 158 Å². The maximum absolute atomic E-state index is 12.0. The molecule has 0 aliphatic heterocycles. The minimum atomic E-state index is -0.979. The molecule has 1 N–H and O–H groups in total. The van der Waals surface area contributed by atoms with Crippen molar-refractivity contribution in [2.75, 3.05) is 18.9 Å². The van der Waals surface area contributed by atoms with Crippen molar-refractivity contribution in [1.29, 1.82) is 0 Å². The number of carbonyl (C=O) groups is 2. The minimum Gasteiger partial charge on any atom is -0.452 e. The van der Waals surface area contributed by atoms with Gasteiger partial charge in [-0.2, -0.15) is 0 Å². The monoisotopic (exact) mass is 394 g/mol. The first-order chi connectivity index (χ1) is 12.5. The molecule has 136 valence electrons. The molecule has 0 aromatic heterocycles. The van der Waals surface area contributed by atoms with Crippen molar-refractivity contribution in [2.24, 2.45) is 0 Å². The third-order valence-electron chi connectivity index (χ3n) is 3.15. The van der Waals surface area contributed by atoms with Crippen LogP contribution in [0, 0.1) is 10.1 Å². The lowest BCUT2D eigenvalue weighted by atomic mass is 10.2. The normalized spacial score (nSPS) is 10.2. The smallest absolute Gasteiger partial charge is 0.345 e. The van der Waals surface area contributed by atoms with Crippen LogP contribution in [0.2, 0.25) is 5.02 Å². The minimum absolute atomic E-state index is 0.157. The number of thioether (sulfide) groups is 1. The summed E-state index contributed by atoms with van der Waals surface area (Å²) in [5.41, 5.74) is -0.728. The van der Waals surface area contributed by atoms with Crippen LogP contribution in [0.5, 0.6) is 0 Å². The van der Waals surface area contributed by atoms with Crippen molar-refractivity contribution in [3.63, 3.8) is 0 Å². The third kappa shape index (κ3) is 6.05. The summed E-state index contributed by atoms with van der Waals surface area (Å²) in [4.78, 5) is 35.0. The maximum atomic E-state index is 12.0. The number of nitro groups is 1. The molecule has 0 saturated carbocycles. The molecule has 0 fully saturated rings. The molecule has 9 heteroatoms. The highest BCUT2D eigenvalue weighted by atomic mass is 35.5. The molecule has 7 nitrogen and oxygen atoms in total. The molecule has 26 heavy (non-hydrogen) atoms. The van der Waals surface area contributed by atoms with Crippen LogP contribution in [-0.2, 0) is 9.53 Å². The molecule has 1 amide bonds. The molecule has 0 aliphatic rings. The highest BCUT2D eigenvalue weighted by molar-refractivity contribution is 7.99. The predicted octanol–water partition coefficient (Wildman–Crippen LogP) is 3.31. The van der Waals surface area contributed by atoms with Gasteiger partial charge in [0.05, 0.1) is 4.92 Å². The van der Waals surface area contributed by atoms with E-state index in [0.717, 1.165) is 17.0 Å². The Hall–Kier alpha value is -2.58. The van der Waals surface area contributed by atoms with E-state index in [1.54, 1.807) is 11.8 Å². The second-order valence-electron chi connectivity index (χ2n) is 5.01. The number of nitrogens with zero attached hydrogens (tertiary/aromatic N) is 1. The molecule has 0 atom stereocenters. The van der Waals surface area contributed by atoms with Crippen LogP contribution in [0.15, 0.2) is 53.4 Å². The molecular formula is C17H15ClN2O5S. The standard InChI is InChI=1S/C17H15ClN2O5S/c18-12-6-7-15(20(23)24)14(10-12)17(22)25-11-16(21)19-8-9-26-13-4-2-1-3-5-13/h1-7,10H,8-9,11H2,(H,19,21). The average molecular weight is 395 g/mol. The molecule has 0 heterocycles. The SMILES string of the molecule is O=C(COC(=O)c1cc(Cl)ccc1[N+](=O)[O-])NCCSc1ccccc1. The summed E-state index contributed by atoms with van der Waals surface area (Å²) in [6, 6.07) is 13.2. The molecule has 2 aromatic rings. The van der Waals surface area contributed by atoms with E-state index in [4.69, 9.17) is 16.3 Å². The van der Waals surface area contributed by atoms with Crippen molar-refractivity contribution < 1.29 is 19.2 Å². The fraction of sp³-hybridized carbons (Fsp3) is 0.176. The number of hydrogen-bond donors (Lipinski definition) is 1. The van der Waals surface area contributed by atoms with Crippen LogP contribution in [0.4, 0.5) is 5.69 Å². The fourth-order valence-corrected chi connectivity index (χ4v) is 2.93. The number of amides is 1. The summed E-state index contributed by atoms with van der Waals surface area (Å²) in [6.45, 7) is -0.133. The molecule has 0 unspecified atom stereocenters. The van der Waals surface area contributed by atoms with Crippen molar-refractivity contribution in [3.8, 4) is 0 Å². The van der Waals surface area contributed by atoms with Gasteiger partial charge in [-0.15, -0.1) is 11.8 Å². The number of halogens is 1. The molecule has 0 spiro atoms. The van der Waals surface area contributed by atoms with Gasteiger partial charge in [0.15, 0.2) is 6.61 Å². The number of benzene rings is 2. The topological polar surface area (TPSA) is 98.5 Å². The van der Waals surface area contributed by atoms with Gasteiger partial charge in [-0.05, 0) is 24.3 Å². The van der Waals surface area contributed by atoms with E-state index in [1.807, 2.05) is 30.3 Å². The summed E-state index contributed by atoms with van der Waals surface area (Å²) in [6.07, 6.45) is 0. The Bertz CT molecular complexity index is 801. The van der Waals surface area contributed by atoms with Crippen LogP contribution in [0.3, 0.4) is 0 Å². The molecule has 2 aromatic carbocycles. The second kappa shape index (κ2) is 9.79. The number of nitrogens with one attached hydrogen (secondary N) is 1. The van der Waals surface area contributed by atoms with E-state index in [0.29, 0.717) is 12.3 Å². The Morgan fingerprint density at radius 3 is 2.62 bits per heavy atom. The number of hydrogen-bond acceptors (Lipinski definition) is 6. The predicted molar refractivity (Wildman–Crippen MR) is 98.6 cm³/mol. The highest BCUT2D eigenvalue weighted by Gasteiger charge is 2.22. The maximum Gasteiger partial charge on any atom is 0.345 e. The highest BCUT2D eigenvalue weighted by Crippen LogP contribution is 2.23. The van der Waals surface area contributed by atoms with Crippen molar-refractivity contribution in [1.82, 2.24) is 5.32 Å². The first kappa shape index (κ1) is 19.7. The van der Waals surface area contributed by atoms with Gasteiger partial charge < -0.3 is 10.1 Å². The zero-order chi connectivity index (χ0) is 18.9. The van der Waals surface area contributed by atoms with Crippen LogP contribution >= 0.6 is 23.4 Å². The number of ether oxygens (including phenoxy) is 1. The van der Waals surface area contributed by atoms with Gasteiger partial charge in [0, 0.05) is 28.3 Å². The summed E-state index contributed by atoms with van der Waals surface area (Å²) in [5.74, 6) is -0.812. The van der Waals surface area contributed by atoms with Gasteiger partial charge in [0.25, 0.3) is 11.6 Å². The average Bonchev–Trinajstić information content (AvgIpc) is 2.63. The summed E-state index contributed by atoms with van der Waals surface area (Å²) >= 11 is 7.33. The second-order valence-corrected chi connectivity index (χ2v) is 6.61. The summed E-state index contributed by atoms with van der Waals surface area (Å²) in [7, 11) is 0. The van der Waals surface area contributed by atoms with E-state index in [2.05, 4.69) is 5.32 Å². The van der Waals surface area contributed by atoms with Crippen LogP contribution < -0.4 is 5.32 Å². The summed E-state index contributed by atoms with van der Waals surface area (Å²) < 4.78 is 4.83. The van der Waals surface area contributed by atoms with Gasteiger partial charge in [-0.3, -0.25) is 14.9 Å². The Morgan fingerprint density at radius 2 is 1.92 bits per heavy atom. The largest absolute Gasteiger partial charge is 0.452 e. The quantitative estimate of drug-likeness (QED) is 0.242. The molecule has 0 bridgehead atoms. The van der Waals surface area contributed by atoms with Gasteiger partial charge in [0.2, 0.25) is 0 Å². The van der Waals surface area contributed by atoms with Crippen molar-refractivity contribution in [2.45, 2.75) is 4.90 Å². The first-order valence-electron chi connectivity index (χ1n) is 7.53. The fourth-order valence-electron chi connectivity index (χ4n) is 1.97. The molecule has 0 aliphatic carbocycles. The molecule has 0 saturated heterocycles. The van der Waals surface area contributed by atoms with E-state index >= 15 is 0 Å². The van der Waals surface area contributed by atoms with Gasteiger partial charge in [-0.25, -0.2) is 4.79 Å². The van der Waals surface area contributed by atoms with Crippen LogP contribution in [0.25, 0.3) is 0 Å². The van der Waals surface area contributed by atoms with E-state index < -0.39 is 29.1 Å². The summed E-state index contributed by atoms with van der Waals surface area (Å²) in [5, 5.41) is 13.7. The number of rotatable bonds is 8. The van der Waals surface area contributed by atoms with Gasteiger partial charge >= 0.3 is 5.97 Å². The number of nitro benzene ring substituents is 1. The van der Waals surface area contributed by atoms with E-state index in [-0.39, 0.29) is 10.6 Å². The van der Waals surface area contributed by atoms with Crippen molar-refractivity contribution in [3.05, 3.63) is 69.2 Å². The Balaban J connectivity index is 1.77. The van der Waals surface area contributed by atoms with Gasteiger partial charge in [0.1, 0.15) is 5.56 Å². The Kier molecular flexibility index (Phi) is 7.43. The number of esters is 1. The zero-order valence-electron chi connectivity index (χ0n) is 13.5. The Morgan fingerprint density at radius 1 is 1.19 bits per heavy atom. The van der Waals surface area contributed by atoms with Gasteiger partial charge in [-0.1, -0.05) is 29.8 Å². The van der Waals surface area contributed by atoms with Crippen LogP contribution in [-0.4, -0.2) is 35.7 Å². The molecular weight excluding hydrogens is 380 g/mol. The molecule has 2 rings (SSSR count). The lowest BCUT2D eigenvalue weighted by molar-refractivity contribution is -0.385. The van der Waals surface area contributed by atoms with Crippen LogP contribution in [0.1, 0.15) is 10.4 Å². The lowest BCUT2D eigenvalue weighted by Gasteiger charge is -2.07. The zero-order valence-corrected chi connectivity index (χ0v) is 15.1. The lowest BCUT2D eigenvalue weighted by Crippen LogP contribution is -2.30. The first-order valence-corrected chi connectivity index (χ1v) is 8.89. The van der Waals surface area contributed by atoms with Crippen molar-refractivity contribution >= 4 is 40.9 Å². The van der Waals surface area contributed by atoms with E-state index in [9.17, 15) is 19.7 Å². The number of carbonyl (C=O) groups excluding carboxylic acids is 2. The molecule has 0 radical (unpaired) electrons. The van der Waals surface area contributed by atoms with E-state index in [1.165, 1.54) is 6.07 Å². The third-order valence-corrected chi connectivity index (χ3v) is 4.39.